The lowest BCUT2D eigenvalue weighted by molar-refractivity contribution is 0.0710. The number of amides is 1. The van der Waals surface area contributed by atoms with Crippen molar-refractivity contribution in [2.24, 2.45) is 11.7 Å². The Labute approximate surface area is 213 Å². The molecule has 12 heteroatoms. The van der Waals surface area contributed by atoms with Crippen LogP contribution in [0.15, 0.2) is 24.8 Å². The van der Waals surface area contributed by atoms with Crippen LogP contribution in [0.1, 0.15) is 61.6 Å². The summed E-state index contributed by atoms with van der Waals surface area (Å²) in [4.78, 5) is 30.2. The first-order valence-electron chi connectivity index (χ1n) is 11.5. The summed E-state index contributed by atoms with van der Waals surface area (Å²) in [7, 11) is 1.82. The molecule has 35 heavy (non-hydrogen) atoms. The first-order chi connectivity index (χ1) is 16.9. The molecule has 0 bridgehead atoms. The Bertz CT molecular complexity index is 1190. The van der Waals surface area contributed by atoms with E-state index in [9.17, 15) is 4.79 Å². The molecular formula is C23H31ClN8O2S. The number of imidazole rings is 1. The van der Waals surface area contributed by atoms with Gasteiger partial charge in [-0.25, -0.2) is 15.0 Å². The third kappa shape index (κ3) is 8.37. The van der Waals surface area contributed by atoms with Crippen molar-refractivity contribution >= 4 is 39.9 Å². The minimum Gasteiger partial charge on any atom is -0.381 e. The Morgan fingerprint density at radius 1 is 1.23 bits per heavy atom. The second-order valence-corrected chi connectivity index (χ2v) is 10.2. The normalized spacial score (nSPS) is 13.7. The second kappa shape index (κ2) is 13.3. The summed E-state index contributed by atoms with van der Waals surface area (Å²) in [6, 6.07) is 1.91. The molecule has 1 fully saturated rings. The van der Waals surface area contributed by atoms with Gasteiger partial charge in [-0.3, -0.25) is 14.9 Å². The zero-order valence-electron chi connectivity index (χ0n) is 20.1. The molecule has 4 heterocycles. The van der Waals surface area contributed by atoms with E-state index < -0.39 is 5.91 Å². The van der Waals surface area contributed by atoms with Gasteiger partial charge in [-0.05, 0) is 24.8 Å². The molecule has 1 saturated carbocycles. The van der Waals surface area contributed by atoms with Crippen LogP contribution < -0.4 is 5.73 Å². The minimum atomic E-state index is -0.535. The van der Waals surface area contributed by atoms with Crippen molar-refractivity contribution < 1.29 is 9.53 Å². The molecular weight excluding hydrogens is 488 g/mol. The van der Waals surface area contributed by atoms with Gasteiger partial charge in [0.05, 0.1) is 29.5 Å². The smallest absolute Gasteiger partial charge is 0.277 e. The quantitative estimate of drug-likeness (QED) is 0.343. The SMILES string of the molecule is CC(C)Cc1nc2cc(-c3ncn[nH]3)ncc2[nH]1.COC1CCCCC1.NC(=O)c1ncc(Cl)s1. The number of nitrogens with one attached hydrogen (secondary N) is 2. The zero-order valence-corrected chi connectivity index (χ0v) is 21.7. The number of hydrogen-bond donors (Lipinski definition) is 3. The van der Waals surface area contributed by atoms with Gasteiger partial charge in [-0.2, -0.15) is 5.10 Å². The molecule has 0 atom stereocenters. The molecule has 0 saturated heterocycles. The number of hydrogen-bond acceptors (Lipinski definition) is 8. The van der Waals surface area contributed by atoms with E-state index in [0.717, 1.165) is 40.3 Å². The Balaban J connectivity index is 0.000000168. The monoisotopic (exact) mass is 518 g/mol. The van der Waals surface area contributed by atoms with Crippen molar-refractivity contribution in [3.63, 3.8) is 0 Å². The molecule has 188 valence electrons. The lowest BCUT2D eigenvalue weighted by atomic mass is 9.98. The number of primary amides is 1. The molecule has 4 aromatic rings. The Hall–Kier alpha value is -2.89. The Morgan fingerprint density at radius 3 is 2.51 bits per heavy atom. The summed E-state index contributed by atoms with van der Waals surface area (Å²) in [5.74, 6) is 1.70. The lowest BCUT2D eigenvalue weighted by Crippen LogP contribution is -2.13. The van der Waals surface area contributed by atoms with Crippen LogP contribution in [0.5, 0.6) is 0 Å². The topological polar surface area (TPSA) is 148 Å². The number of ether oxygens (including phenoxy) is 1. The maximum absolute atomic E-state index is 10.3. The molecule has 0 unspecified atom stereocenters. The first kappa shape index (κ1) is 26.7. The summed E-state index contributed by atoms with van der Waals surface area (Å²) in [6.45, 7) is 4.34. The van der Waals surface area contributed by atoms with E-state index in [0.29, 0.717) is 22.2 Å². The maximum Gasteiger partial charge on any atom is 0.277 e. The van der Waals surface area contributed by atoms with Gasteiger partial charge in [0.1, 0.15) is 22.2 Å². The number of carbonyl (C=O) groups excluding carboxylic acids is 1. The summed E-state index contributed by atoms with van der Waals surface area (Å²) < 4.78 is 5.67. The lowest BCUT2D eigenvalue weighted by Gasteiger charge is -2.19. The van der Waals surface area contributed by atoms with Crippen molar-refractivity contribution in [2.75, 3.05) is 7.11 Å². The number of methoxy groups -OCH3 is 1. The van der Waals surface area contributed by atoms with Gasteiger partial charge in [0, 0.05) is 13.5 Å². The number of aromatic amines is 2. The van der Waals surface area contributed by atoms with Gasteiger partial charge in [-0.1, -0.05) is 56.0 Å². The predicted molar refractivity (Wildman–Crippen MR) is 137 cm³/mol. The fourth-order valence-electron chi connectivity index (χ4n) is 3.57. The van der Waals surface area contributed by atoms with E-state index in [-0.39, 0.29) is 5.01 Å². The number of fused-ring (bicyclic) bond motifs is 1. The van der Waals surface area contributed by atoms with Crippen LogP contribution in [0.3, 0.4) is 0 Å². The van der Waals surface area contributed by atoms with Gasteiger partial charge in [0.15, 0.2) is 10.8 Å². The van der Waals surface area contributed by atoms with E-state index in [2.05, 4.69) is 49.0 Å². The molecule has 0 aromatic carbocycles. The van der Waals surface area contributed by atoms with Crippen molar-refractivity contribution in [1.29, 1.82) is 0 Å². The van der Waals surface area contributed by atoms with Crippen LogP contribution in [0.2, 0.25) is 4.34 Å². The number of halogens is 1. The maximum atomic E-state index is 10.3. The van der Waals surface area contributed by atoms with Gasteiger partial charge >= 0.3 is 0 Å². The number of thiazole rings is 1. The highest BCUT2D eigenvalue weighted by molar-refractivity contribution is 7.17. The van der Waals surface area contributed by atoms with Crippen LogP contribution in [0.25, 0.3) is 22.6 Å². The Morgan fingerprint density at radius 2 is 2.00 bits per heavy atom. The number of nitrogens with zero attached hydrogens (tertiary/aromatic N) is 5. The fourth-order valence-corrected chi connectivity index (χ4v) is 4.34. The zero-order chi connectivity index (χ0) is 25.2. The van der Waals surface area contributed by atoms with E-state index >= 15 is 0 Å². The summed E-state index contributed by atoms with van der Waals surface area (Å²) in [5, 5.41) is 6.86. The number of rotatable bonds is 5. The van der Waals surface area contributed by atoms with E-state index in [1.165, 1.54) is 44.6 Å². The highest BCUT2D eigenvalue weighted by Gasteiger charge is 2.11. The largest absolute Gasteiger partial charge is 0.381 e. The number of carbonyl (C=O) groups is 1. The third-order valence-electron chi connectivity index (χ3n) is 5.25. The molecule has 1 amide bonds. The van der Waals surface area contributed by atoms with Gasteiger partial charge < -0.3 is 15.5 Å². The molecule has 0 aliphatic heterocycles. The third-order valence-corrected chi connectivity index (χ3v) is 6.38. The summed E-state index contributed by atoms with van der Waals surface area (Å²) in [6.07, 6.45) is 12.9. The van der Waals surface area contributed by atoms with Crippen molar-refractivity contribution in [3.8, 4) is 11.5 Å². The van der Waals surface area contributed by atoms with Crippen LogP contribution in [-0.2, 0) is 11.2 Å². The molecule has 4 N–H and O–H groups in total. The van der Waals surface area contributed by atoms with Crippen LogP contribution in [0, 0.1) is 5.92 Å². The van der Waals surface area contributed by atoms with Crippen LogP contribution in [0.4, 0.5) is 0 Å². The number of H-pyrrole nitrogens is 2. The van der Waals surface area contributed by atoms with Gasteiger partial charge in [-0.15, -0.1) is 0 Å². The van der Waals surface area contributed by atoms with E-state index in [1.54, 1.807) is 6.20 Å². The van der Waals surface area contributed by atoms with E-state index in [4.69, 9.17) is 22.1 Å². The van der Waals surface area contributed by atoms with Crippen molar-refractivity contribution in [1.82, 2.24) is 35.1 Å². The standard InChI is InChI=1S/C12H14N6.C7H14O.C4H3ClN2OS/c1-7(2)3-11-16-8-4-9(12-14-6-15-18-12)13-5-10(8)17-11;1-8-7-5-3-2-4-6-7;5-2-1-7-4(9-2)3(6)8/h4-7H,3H2,1-2H3,(H,16,17)(H,14,15,18);7H,2-6H2,1H3;1H,(H2,6,8). The van der Waals surface area contributed by atoms with Crippen molar-refractivity contribution in [3.05, 3.63) is 40.0 Å². The molecule has 10 nitrogen and oxygen atoms in total. The second-order valence-electron chi connectivity index (χ2n) is 8.53. The summed E-state index contributed by atoms with van der Waals surface area (Å²) in [5.41, 5.74) is 7.49. The highest BCUT2D eigenvalue weighted by Crippen LogP contribution is 2.20. The molecule has 0 spiro atoms. The van der Waals surface area contributed by atoms with E-state index in [1.807, 2.05) is 13.2 Å². The molecule has 4 aromatic heterocycles. The predicted octanol–water partition coefficient (Wildman–Crippen LogP) is 4.80. The number of pyridine rings is 1. The molecule has 1 aliphatic rings. The fraction of sp³-hybridized carbons (Fsp3) is 0.478. The molecule has 5 rings (SSSR count). The highest BCUT2D eigenvalue weighted by atomic mass is 35.5. The van der Waals surface area contributed by atoms with Crippen LogP contribution in [-0.4, -0.2) is 54.2 Å². The Kier molecular flexibility index (Phi) is 10.1. The average Bonchev–Trinajstić information content (AvgIpc) is 3.60. The summed E-state index contributed by atoms with van der Waals surface area (Å²) >= 11 is 6.53. The number of nitrogens with two attached hydrogens (primary N) is 1. The van der Waals surface area contributed by atoms with Gasteiger partial charge in [0.25, 0.3) is 5.91 Å². The first-order valence-corrected chi connectivity index (χ1v) is 12.7. The van der Waals surface area contributed by atoms with Crippen LogP contribution >= 0.6 is 22.9 Å². The molecule has 0 radical (unpaired) electrons. The number of aromatic nitrogens is 7. The minimum absolute atomic E-state index is 0.250. The molecule has 1 aliphatic carbocycles. The van der Waals surface area contributed by atoms with Crippen molar-refractivity contribution in [2.45, 2.75) is 58.5 Å². The van der Waals surface area contributed by atoms with Gasteiger partial charge in [0.2, 0.25) is 0 Å². The average molecular weight is 519 g/mol.